The number of ether oxygens (including phenoxy) is 1. The smallest absolute Gasteiger partial charge is 0.123 e. The Hall–Kier alpha value is -0.500. The molecule has 0 unspecified atom stereocenters. The van der Waals surface area contributed by atoms with Crippen molar-refractivity contribution in [3.05, 3.63) is 29.3 Å². The Morgan fingerprint density at radius 1 is 1.27 bits per heavy atom. The molecule has 1 rings (SSSR count). The summed E-state index contributed by atoms with van der Waals surface area (Å²) in [5.41, 5.74) is 2.52. The molecule has 1 aromatic carbocycles. The maximum Gasteiger partial charge on any atom is 0.123 e. The van der Waals surface area contributed by atoms with Gasteiger partial charge in [-0.05, 0) is 19.4 Å². The van der Waals surface area contributed by atoms with Crippen LogP contribution in [0.25, 0.3) is 0 Å². The third-order valence-corrected chi connectivity index (χ3v) is 2.97. The molecule has 0 saturated carbocycles. The predicted octanol–water partition coefficient (Wildman–Crippen LogP) is 4.46. The number of hydrogen-bond donors (Lipinski definition) is 0. The predicted molar refractivity (Wildman–Crippen MR) is 68.8 cm³/mol. The highest BCUT2D eigenvalue weighted by molar-refractivity contribution is 9.08. The third kappa shape index (κ3) is 4.25. The Bertz CT molecular complexity index is 297. The zero-order valence-electron chi connectivity index (χ0n) is 9.55. The quantitative estimate of drug-likeness (QED) is 0.548. The number of halogens is 1. The summed E-state index contributed by atoms with van der Waals surface area (Å²) in [6.45, 7) is 5.14. The molecule has 15 heavy (non-hydrogen) atoms. The summed E-state index contributed by atoms with van der Waals surface area (Å²) >= 11 is 3.49. The van der Waals surface area contributed by atoms with Crippen LogP contribution in [-0.4, -0.2) is 6.61 Å². The van der Waals surface area contributed by atoms with E-state index in [1.807, 2.05) is 0 Å². The molecule has 0 radical (unpaired) electrons. The van der Waals surface area contributed by atoms with Crippen molar-refractivity contribution in [2.24, 2.45) is 0 Å². The van der Waals surface area contributed by atoms with Crippen LogP contribution in [-0.2, 0) is 5.33 Å². The van der Waals surface area contributed by atoms with E-state index < -0.39 is 0 Å². The van der Waals surface area contributed by atoms with Gasteiger partial charge in [0.1, 0.15) is 5.75 Å². The van der Waals surface area contributed by atoms with Crippen LogP contribution < -0.4 is 4.74 Å². The maximum absolute atomic E-state index is 5.76. The first-order chi connectivity index (χ1) is 7.27. The molecule has 84 valence electrons. The van der Waals surface area contributed by atoms with E-state index in [1.165, 1.54) is 24.0 Å². The Morgan fingerprint density at radius 2 is 2.07 bits per heavy atom. The zero-order valence-corrected chi connectivity index (χ0v) is 11.1. The molecule has 0 heterocycles. The van der Waals surface area contributed by atoms with Gasteiger partial charge in [0.2, 0.25) is 0 Å². The molecule has 1 nitrogen and oxygen atoms in total. The minimum absolute atomic E-state index is 0.830. The Balaban J connectivity index is 2.52. The minimum atomic E-state index is 0.830. The highest BCUT2D eigenvalue weighted by Gasteiger charge is 2.02. The number of benzene rings is 1. The van der Waals surface area contributed by atoms with E-state index in [0.29, 0.717) is 0 Å². The van der Waals surface area contributed by atoms with Gasteiger partial charge in [0.25, 0.3) is 0 Å². The molecule has 0 aromatic heterocycles. The van der Waals surface area contributed by atoms with Gasteiger partial charge < -0.3 is 4.74 Å². The summed E-state index contributed by atoms with van der Waals surface area (Å²) in [7, 11) is 0. The molecule has 0 aliphatic carbocycles. The van der Waals surface area contributed by atoms with Crippen LogP contribution in [0, 0.1) is 6.92 Å². The molecule has 0 N–H and O–H groups in total. The Morgan fingerprint density at radius 3 is 2.73 bits per heavy atom. The molecule has 0 spiro atoms. The van der Waals surface area contributed by atoms with Crippen molar-refractivity contribution in [1.29, 1.82) is 0 Å². The fourth-order valence-corrected chi connectivity index (χ4v) is 1.93. The number of rotatable bonds is 6. The van der Waals surface area contributed by atoms with Crippen LogP contribution in [0.1, 0.15) is 37.3 Å². The lowest BCUT2D eigenvalue weighted by molar-refractivity contribution is 0.304. The monoisotopic (exact) mass is 270 g/mol. The second-order valence-corrected chi connectivity index (χ2v) is 4.36. The minimum Gasteiger partial charge on any atom is -0.493 e. The standard InChI is InChI=1S/C13H19BrO/c1-3-4-5-8-15-13-7-6-11(2)9-12(13)10-14/h6-7,9H,3-5,8,10H2,1-2H3. The van der Waals surface area contributed by atoms with E-state index in [1.54, 1.807) is 0 Å². The summed E-state index contributed by atoms with van der Waals surface area (Å²) in [4.78, 5) is 0. The fourth-order valence-electron chi connectivity index (χ4n) is 1.49. The normalized spacial score (nSPS) is 10.3. The molecule has 0 aliphatic rings. The van der Waals surface area contributed by atoms with Crippen molar-refractivity contribution < 1.29 is 4.74 Å². The highest BCUT2D eigenvalue weighted by Crippen LogP contribution is 2.22. The van der Waals surface area contributed by atoms with Crippen LogP contribution in [0.2, 0.25) is 0 Å². The molecule has 0 aliphatic heterocycles. The topological polar surface area (TPSA) is 9.23 Å². The van der Waals surface area contributed by atoms with Crippen molar-refractivity contribution >= 4 is 15.9 Å². The second kappa shape index (κ2) is 6.89. The molecule has 0 atom stereocenters. The Labute approximate surface area is 101 Å². The fraction of sp³-hybridized carbons (Fsp3) is 0.538. The van der Waals surface area contributed by atoms with E-state index in [9.17, 15) is 0 Å². The lowest BCUT2D eigenvalue weighted by Crippen LogP contribution is -1.99. The van der Waals surface area contributed by atoms with Crippen LogP contribution in [0.5, 0.6) is 5.75 Å². The molecular weight excluding hydrogens is 252 g/mol. The number of hydrogen-bond acceptors (Lipinski definition) is 1. The molecule has 0 fully saturated rings. The van der Waals surface area contributed by atoms with Gasteiger partial charge in [-0.15, -0.1) is 0 Å². The summed E-state index contributed by atoms with van der Waals surface area (Å²) in [5, 5.41) is 0.859. The van der Waals surface area contributed by atoms with E-state index in [0.717, 1.165) is 24.1 Å². The van der Waals surface area contributed by atoms with Gasteiger partial charge in [-0.25, -0.2) is 0 Å². The van der Waals surface area contributed by atoms with E-state index in [-0.39, 0.29) is 0 Å². The van der Waals surface area contributed by atoms with Crippen molar-refractivity contribution in [1.82, 2.24) is 0 Å². The molecule has 1 aromatic rings. The average Bonchev–Trinajstić information content (AvgIpc) is 2.26. The average molecular weight is 271 g/mol. The van der Waals surface area contributed by atoms with Crippen molar-refractivity contribution in [3.63, 3.8) is 0 Å². The van der Waals surface area contributed by atoms with Gasteiger partial charge >= 0.3 is 0 Å². The zero-order chi connectivity index (χ0) is 11.1. The SMILES string of the molecule is CCCCCOc1ccc(C)cc1CBr. The van der Waals surface area contributed by atoms with Gasteiger partial charge in [0.05, 0.1) is 6.61 Å². The number of aryl methyl sites for hydroxylation is 1. The van der Waals surface area contributed by atoms with Crippen molar-refractivity contribution in [3.8, 4) is 5.75 Å². The number of alkyl halides is 1. The first kappa shape index (κ1) is 12.6. The third-order valence-electron chi connectivity index (χ3n) is 2.37. The van der Waals surface area contributed by atoms with E-state index in [4.69, 9.17) is 4.74 Å². The molecule has 0 bridgehead atoms. The van der Waals surface area contributed by atoms with Gasteiger partial charge in [-0.1, -0.05) is 53.4 Å². The van der Waals surface area contributed by atoms with Gasteiger partial charge in [0, 0.05) is 10.9 Å². The Kier molecular flexibility index (Phi) is 5.77. The first-order valence-electron chi connectivity index (χ1n) is 5.56. The summed E-state index contributed by atoms with van der Waals surface area (Å²) in [5.74, 6) is 1.02. The number of unbranched alkanes of at least 4 members (excludes halogenated alkanes) is 2. The van der Waals surface area contributed by atoms with Crippen molar-refractivity contribution in [2.75, 3.05) is 6.61 Å². The lowest BCUT2D eigenvalue weighted by atomic mass is 10.1. The van der Waals surface area contributed by atoms with E-state index >= 15 is 0 Å². The molecular formula is C13H19BrO. The van der Waals surface area contributed by atoms with Crippen LogP contribution in [0.4, 0.5) is 0 Å². The summed E-state index contributed by atoms with van der Waals surface area (Å²) < 4.78 is 5.76. The first-order valence-corrected chi connectivity index (χ1v) is 6.68. The van der Waals surface area contributed by atoms with Crippen LogP contribution in [0.15, 0.2) is 18.2 Å². The largest absolute Gasteiger partial charge is 0.493 e. The van der Waals surface area contributed by atoms with Gasteiger partial charge in [-0.2, -0.15) is 0 Å². The highest BCUT2D eigenvalue weighted by atomic mass is 79.9. The van der Waals surface area contributed by atoms with E-state index in [2.05, 4.69) is 48.0 Å². The van der Waals surface area contributed by atoms with Crippen LogP contribution >= 0.6 is 15.9 Å². The van der Waals surface area contributed by atoms with Gasteiger partial charge in [0.15, 0.2) is 0 Å². The van der Waals surface area contributed by atoms with Crippen LogP contribution in [0.3, 0.4) is 0 Å². The van der Waals surface area contributed by atoms with Crippen molar-refractivity contribution in [2.45, 2.75) is 38.4 Å². The molecule has 0 saturated heterocycles. The summed E-state index contributed by atoms with van der Waals surface area (Å²) in [6, 6.07) is 6.34. The molecule has 0 amide bonds. The van der Waals surface area contributed by atoms with Gasteiger partial charge in [-0.3, -0.25) is 0 Å². The lowest BCUT2D eigenvalue weighted by Gasteiger charge is -2.10. The summed E-state index contributed by atoms with van der Waals surface area (Å²) in [6.07, 6.45) is 3.63. The molecule has 2 heteroatoms. The second-order valence-electron chi connectivity index (χ2n) is 3.80. The maximum atomic E-state index is 5.76.